The maximum Gasteiger partial charge on any atom is 0.0674 e. The van der Waals surface area contributed by atoms with Crippen LogP contribution in [0.1, 0.15) is 26.2 Å². The largest absolute Gasteiger partial charge is 0.390 e. The summed E-state index contributed by atoms with van der Waals surface area (Å²) in [7, 11) is 0. The van der Waals surface area contributed by atoms with Crippen LogP contribution in [0.2, 0.25) is 0 Å². The van der Waals surface area contributed by atoms with Gasteiger partial charge in [0.15, 0.2) is 0 Å². The fourth-order valence-electron chi connectivity index (χ4n) is 2.76. The summed E-state index contributed by atoms with van der Waals surface area (Å²) in [5.41, 5.74) is -0.423. The molecule has 14 heavy (non-hydrogen) atoms. The van der Waals surface area contributed by atoms with E-state index < -0.39 is 5.60 Å². The van der Waals surface area contributed by atoms with Crippen molar-refractivity contribution < 1.29 is 5.11 Å². The minimum absolute atomic E-state index is 0.423. The second-order valence-corrected chi connectivity index (χ2v) is 6.04. The summed E-state index contributed by atoms with van der Waals surface area (Å²) in [5, 5.41) is 13.8. The molecular weight excluding hydrogens is 194 g/mol. The van der Waals surface area contributed by atoms with Crippen molar-refractivity contribution in [3.63, 3.8) is 0 Å². The van der Waals surface area contributed by atoms with E-state index in [-0.39, 0.29) is 0 Å². The highest BCUT2D eigenvalue weighted by Crippen LogP contribution is 2.36. The molecule has 0 amide bonds. The van der Waals surface area contributed by atoms with E-state index in [1.165, 1.54) is 24.3 Å². The molecule has 2 nitrogen and oxygen atoms in total. The molecule has 3 atom stereocenters. The van der Waals surface area contributed by atoms with Crippen LogP contribution >= 0.6 is 11.8 Å². The summed E-state index contributed by atoms with van der Waals surface area (Å²) in [4.78, 5) is 0. The zero-order valence-electron chi connectivity index (χ0n) is 8.96. The van der Waals surface area contributed by atoms with Crippen LogP contribution in [0.15, 0.2) is 0 Å². The fourth-order valence-corrected chi connectivity index (χ4v) is 4.00. The van der Waals surface area contributed by atoms with Gasteiger partial charge >= 0.3 is 0 Å². The molecule has 2 aliphatic rings. The summed E-state index contributed by atoms with van der Waals surface area (Å²) in [6.45, 7) is 4.01. The quantitative estimate of drug-likeness (QED) is 0.695. The first-order valence-corrected chi connectivity index (χ1v) is 6.86. The van der Waals surface area contributed by atoms with Crippen molar-refractivity contribution >= 4 is 11.8 Å². The Bertz CT molecular complexity index is 190. The maximum atomic E-state index is 10.3. The third kappa shape index (κ3) is 2.26. The molecule has 2 heterocycles. The molecule has 2 rings (SSSR count). The third-order valence-corrected chi connectivity index (χ3v) is 4.98. The van der Waals surface area contributed by atoms with E-state index in [1.807, 2.05) is 6.92 Å². The van der Waals surface area contributed by atoms with Gasteiger partial charge in [-0.1, -0.05) is 0 Å². The molecule has 0 aliphatic carbocycles. The molecule has 0 saturated carbocycles. The van der Waals surface area contributed by atoms with E-state index in [1.54, 1.807) is 0 Å². The SMILES string of the molecule is CC1(O)CCNCC1C1CCCSC1. The van der Waals surface area contributed by atoms with Gasteiger partial charge in [0.25, 0.3) is 0 Å². The molecule has 0 radical (unpaired) electrons. The van der Waals surface area contributed by atoms with Gasteiger partial charge in [-0.15, -0.1) is 0 Å². The lowest BCUT2D eigenvalue weighted by atomic mass is 9.74. The molecule has 2 saturated heterocycles. The number of aliphatic hydroxyl groups is 1. The topological polar surface area (TPSA) is 32.3 Å². The second kappa shape index (κ2) is 4.42. The lowest BCUT2D eigenvalue weighted by Gasteiger charge is -2.43. The molecular formula is C11H21NOS. The highest BCUT2D eigenvalue weighted by molar-refractivity contribution is 7.99. The monoisotopic (exact) mass is 215 g/mol. The zero-order chi connectivity index (χ0) is 10.0. The normalized spacial score (nSPS) is 45.0. The average molecular weight is 215 g/mol. The number of piperidine rings is 1. The Balaban J connectivity index is 1.99. The molecule has 0 aromatic heterocycles. The van der Waals surface area contributed by atoms with Crippen molar-refractivity contribution in [1.29, 1.82) is 0 Å². The predicted molar refractivity (Wildman–Crippen MR) is 61.6 cm³/mol. The molecule has 0 spiro atoms. The van der Waals surface area contributed by atoms with E-state index in [0.717, 1.165) is 25.4 Å². The van der Waals surface area contributed by atoms with Gasteiger partial charge in [0.05, 0.1) is 5.60 Å². The average Bonchev–Trinajstić information content (AvgIpc) is 2.18. The Morgan fingerprint density at radius 2 is 2.36 bits per heavy atom. The summed E-state index contributed by atoms with van der Waals surface area (Å²) in [5.74, 6) is 3.78. The van der Waals surface area contributed by atoms with Gasteiger partial charge in [0.1, 0.15) is 0 Å². The van der Waals surface area contributed by atoms with Gasteiger partial charge in [-0.25, -0.2) is 0 Å². The van der Waals surface area contributed by atoms with Gasteiger partial charge < -0.3 is 10.4 Å². The van der Waals surface area contributed by atoms with Crippen LogP contribution in [0, 0.1) is 11.8 Å². The lowest BCUT2D eigenvalue weighted by Crippen LogP contribution is -2.52. The van der Waals surface area contributed by atoms with Crippen molar-refractivity contribution in [3.8, 4) is 0 Å². The Hall–Kier alpha value is 0.270. The van der Waals surface area contributed by atoms with Crippen molar-refractivity contribution in [2.75, 3.05) is 24.6 Å². The molecule has 2 fully saturated rings. The Morgan fingerprint density at radius 1 is 1.50 bits per heavy atom. The van der Waals surface area contributed by atoms with Gasteiger partial charge in [0, 0.05) is 12.5 Å². The number of nitrogens with one attached hydrogen (secondary N) is 1. The summed E-state index contributed by atoms with van der Waals surface area (Å²) in [6.07, 6.45) is 3.57. The third-order valence-electron chi connectivity index (χ3n) is 3.74. The second-order valence-electron chi connectivity index (χ2n) is 4.90. The van der Waals surface area contributed by atoms with E-state index in [2.05, 4.69) is 17.1 Å². The van der Waals surface area contributed by atoms with Gasteiger partial charge in [-0.05, 0) is 50.2 Å². The van der Waals surface area contributed by atoms with Crippen LogP contribution in [-0.4, -0.2) is 35.3 Å². The van der Waals surface area contributed by atoms with E-state index in [0.29, 0.717) is 5.92 Å². The highest BCUT2D eigenvalue weighted by Gasteiger charge is 2.39. The van der Waals surface area contributed by atoms with Crippen LogP contribution in [0.25, 0.3) is 0 Å². The molecule has 0 bridgehead atoms. The van der Waals surface area contributed by atoms with Crippen molar-refractivity contribution in [2.45, 2.75) is 31.8 Å². The van der Waals surface area contributed by atoms with Crippen LogP contribution in [0.5, 0.6) is 0 Å². The number of hydrogen-bond donors (Lipinski definition) is 2. The molecule has 3 heteroatoms. The van der Waals surface area contributed by atoms with Gasteiger partial charge in [-0.2, -0.15) is 11.8 Å². The number of thioether (sulfide) groups is 1. The summed E-state index contributed by atoms with van der Waals surface area (Å²) in [6, 6.07) is 0. The van der Waals surface area contributed by atoms with Crippen molar-refractivity contribution in [1.82, 2.24) is 5.32 Å². The first-order valence-electron chi connectivity index (χ1n) is 5.71. The Morgan fingerprint density at radius 3 is 3.00 bits per heavy atom. The number of rotatable bonds is 1. The summed E-state index contributed by atoms with van der Waals surface area (Å²) >= 11 is 2.06. The molecule has 0 aromatic rings. The zero-order valence-corrected chi connectivity index (χ0v) is 9.78. The van der Waals surface area contributed by atoms with Crippen molar-refractivity contribution in [3.05, 3.63) is 0 Å². The van der Waals surface area contributed by atoms with Gasteiger partial charge in [-0.3, -0.25) is 0 Å². The fraction of sp³-hybridized carbons (Fsp3) is 1.00. The minimum atomic E-state index is -0.423. The maximum absolute atomic E-state index is 10.3. The van der Waals surface area contributed by atoms with Crippen LogP contribution in [-0.2, 0) is 0 Å². The molecule has 0 aromatic carbocycles. The standard InChI is InChI=1S/C11H21NOS/c1-11(13)4-5-12-7-10(11)9-3-2-6-14-8-9/h9-10,12-13H,2-8H2,1H3. The lowest BCUT2D eigenvalue weighted by molar-refractivity contribution is -0.0457. The number of hydrogen-bond acceptors (Lipinski definition) is 3. The van der Waals surface area contributed by atoms with Crippen LogP contribution in [0.4, 0.5) is 0 Å². The van der Waals surface area contributed by atoms with Gasteiger partial charge in [0.2, 0.25) is 0 Å². The molecule has 2 N–H and O–H groups in total. The van der Waals surface area contributed by atoms with E-state index in [4.69, 9.17) is 0 Å². The van der Waals surface area contributed by atoms with Crippen LogP contribution in [0.3, 0.4) is 0 Å². The molecule has 3 unspecified atom stereocenters. The first-order chi connectivity index (χ1) is 6.70. The summed E-state index contributed by atoms with van der Waals surface area (Å²) < 4.78 is 0. The molecule has 82 valence electrons. The van der Waals surface area contributed by atoms with E-state index >= 15 is 0 Å². The van der Waals surface area contributed by atoms with Crippen LogP contribution < -0.4 is 5.32 Å². The predicted octanol–water partition coefficient (Wildman–Crippen LogP) is 1.49. The molecule has 2 aliphatic heterocycles. The minimum Gasteiger partial charge on any atom is -0.390 e. The smallest absolute Gasteiger partial charge is 0.0674 e. The van der Waals surface area contributed by atoms with Crippen molar-refractivity contribution in [2.24, 2.45) is 11.8 Å². The van der Waals surface area contributed by atoms with E-state index in [9.17, 15) is 5.11 Å². The highest BCUT2D eigenvalue weighted by atomic mass is 32.2. The Kier molecular flexibility index (Phi) is 3.40. The first kappa shape index (κ1) is 10.8. The Labute approximate surface area is 90.8 Å².